The number of carbonyl (C=O) groups is 1. The lowest BCUT2D eigenvalue weighted by Gasteiger charge is -2.11. The van der Waals surface area contributed by atoms with Crippen LogP contribution in [0.2, 0.25) is 0 Å². The third kappa shape index (κ3) is 4.15. The standard InChI is InChI=1S/C19H21N3O3/c1-2-13-5-3-4-6-15(13)12-20-17-10-7-14(11-18(17)22(24)25)19(23)21-16-8-9-16/h3-7,10-11,16,20H,2,8-9,12H2,1H3,(H,21,23). The molecule has 2 aromatic rings. The zero-order chi connectivity index (χ0) is 17.8. The zero-order valence-corrected chi connectivity index (χ0v) is 14.1. The molecule has 0 spiro atoms. The van der Waals surface area contributed by atoms with Crippen molar-refractivity contribution in [2.45, 2.75) is 38.8 Å². The van der Waals surface area contributed by atoms with Crippen LogP contribution in [0.5, 0.6) is 0 Å². The van der Waals surface area contributed by atoms with Gasteiger partial charge in [-0.2, -0.15) is 0 Å². The summed E-state index contributed by atoms with van der Waals surface area (Å²) in [5.41, 5.74) is 2.96. The molecule has 1 fully saturated rings. The van der Waals surface area contributed by atoms with Gasteiger partial charge in [-0.25, -0.2) is 0 Å². The Bertz CT molecular complexity index is 800. The van der Waals surface area contributed by atoms with Crippen LogP contribution in [0.1, 0.15) is 41.3 Å². The zero-order valence-electron chi connectivity index (χ0n) is 14.1. The average Bonchev–Trinajstić information content (AvgIpc) is 3.43. The molecular weight excluding hydrogens is 318 g/mol. The Morgan fingerprint density at radius 1 is 1.20 bits per heavy atom. The smallest absolute Gasteiger partial charge is 0.293 e. The molecule has 25 heavy (non-hydrogen) atoms. The molecule has 0 aliphatic heterocycles. The Labute approximate surface area is 146 Å². The Morgan fingerprint density at radius 2 is 1.92 bits per heavy atom. The maximum atomic E-state index is 12.1. The highest BCUT2D eigenvalue weighted by atomic mass is 16.6. The average molecular weight is 339 g/mol. The number of anilines is 1. The molecule has 0 atom stereocenters. The summed E-state index contributed by atoms with van der Waals surface area (Å²) in [5, 5.41) is 17.4. The van der Waals surface area contributed by atoms with Gasteiger partial charge >= 0.3 is 0 Å². The number of nitrogens with one attached hydrogen (secondary N) is 2. The second-order valence-corrected chi connectivity index (χ2v) is 6.21. The minimum atomic E-state index is -0.456. The number of aryl methyl sites for hydroxylation is 1. The van der Waals surface area contributed by atoms with Crippen molar-refractivity contribution in [3.63, 3.8) is 0 Å². The van der Waals surface area contributed by atoms with Gasteiger partial charge in [0.2, 0.25) is 0 Å². The first-order valence-corrected chi connectivity index (χ1v) is 8.48. The number of amides is 1. The Hall–Kier alpha value is -2.89. The van der Waals surface area contributed by atoms with Crippen molar-refractivity contribution in [1.29, 1.82) is 0 Å². The summed E-state index contributed by atoms with van der Waals surface area (Å²) in [4.78, 5) is 23.0. The van der Waals surface area contributed by atoms with Crippen LogP contribution in [0.15, 0.2) is 42.5 Å². The van der Waals surface area contributed by atoms with Gasteiger partial charge in [0.15, 0.2) is 0 Å². The van der Waals surface area contributed by atoms with Gasteiger partial charge in [0, 0.05) is 24.2 Å². The summed E-state index contributed by atoms with van der Waals surface area (Å²) in [6.45, 7) is 2.58. The molecule has 1 aliphatic rings. The highest BCUT2D eigenvalue weighted by Crippen LogP contribution is 2.27. The van der Waals surface area contributed by atoms with Crippen LogP contribution < -0.4 is 10.6 Å². The lowest BCUT2D eigenvalue weighted by atomic mass is 10.1. The first-order valence-electron chi connectivity index (χ1n) is 8.48. The first-order chi connectivity index (χ1) is 12.1. The summed E-state index contributed by atoms with van der Waals surface area (Å²) in [6, 6.07) is 12.8. The molecule has 0 bridgehead atoms. The molecule has 2 N–H and O–H groups in total. The summed E-state index contributed by atoms with van der Waals surface area (Å²) in [5.74, 6) is -0.256. The van der Waals surface area contributed by atoms with E-state index in [2.05, 4.69) is 23.6 Å². The van der Waals surface area contributed by atoms with Crippen molar-refractivity contribution in [2.75, 3.05) is 5.32 Å². The quantitative estimate of drug-likeness (QED) is 0.595. The molecule has 6 nitrogen and oxygen atoms in total. The van der Waals surface area contributed by atoms with Crippen molar-refractivity contribution >= 4 is 17.3 Å². The fourth-order valence-corrected chi connectivity index (χ4v) is 2.74. The van der Waals surface area contributed by atoms with Gasteiger partial charge in [-0.15, -0.1) is 0 Å². The van der Waals surface area contributed by atoms with E-state index in [0.29, 0.717) is 17.8 Å². The van der Waals surface area contributed by atoms with E-state index in [-0.39, 0.29) is 17.6 Å². The Morgan fingerprint density at radius 3 is 2.56 bits per heavy atom. The monoisotopic (exact) mass is 339 g/mol. The van der Waals surface area contributed by atoms with Crippen LogP contribution in [0, 0.1) is 10.1 Å². The minimum absolute atomic E-state index is 0.0857. The molecule has 0 unspecified atom stereocenters. The first kappa shape index (κ1) is 17.0. The molecule has 2 aromatic carbocycles. The van der Waals surface area contributed by atoms with Gasteiger partial charge in [-0.05, 0) is 42.5 Å². The molecule has 1 amide bonds. The molecular formula is C19H21N3O3. The summed E-state index contributed by atoms with van der Waals surface area (Å²) in [7, 11) is 0. The van der Waals surface area contributed by atoms with Crippen LogP contribution in [0.25, 0.3) is 0 Å². The molecule has 1 aliphatic carbocycles. The van der Waals surface area contributed by atoms with Crippen LogP contribution in [-0.4, -0.2) is 16.9 Å². The van der Waals surface area contributed by atoms with Crippen molar-refractivity contribution in [2.24, 2.45) is 0 Å². The topological polar surface area (TPSA) is 84.3 Å². The second kappa shape index (κ2) is 7.34. The summed E-state index contributed by atoms with van der Waals surface area (Å²) >= 11 is 0. The fraction of sp³-hybridized carbons (Fsp3) is 0.316. The molecule has 0 saturated heterocycles. The van der Waals surface area contributed by atoms with Gasteiger partial charge in [-0.1, -0.05) is 31.2 Å². The Kier molecular flexibility index (Phi) is 4.97. The van der Waals surface area contributed by atoms with Crippen LogP contribution in [0.3, 0.4) is 0 Å². The van der Waals surface area contributed by atoms with E-state index >= 15 is 0 Å². The molecule has 0 heterocycles. The van der Waals surface area contributed by atoms with Gasteiger partial charge in [0.05, 0.1) is 4.92 Å². The number of hydrogen-bond donors (Lipinski definition) is 2. The van der Waals surface area contributed by atoms with Crippen LogP contribution in [-0.2, 0) is 13.0 Å². The second-order valence-electron chi connectivity index (χ2n) is 6.21. The largest absolute Gasteiger partial charge is 0.375 e. The van der Waals surface area contributed by atoms with Crippen LogP contribution >= 0.6 is 0 Å². The number of nitro groups is 1. The lowest BCUT2D eigenvalue weighted by Crippen LogP contribution is -2.25. The maximum absolute atomic E-state index is 12.1. The molecule has 130 valence electrons. The SMILES string of the molecule is CCc1ccccc1CNc1ccc(C(=O)NC2CC2)cc1[N+](=O)[O-]. The van der Waals surface area contributed by atoms with E-state index < -0.39 is 4.92 Å². The van der Waals surface area contributed by atoms with Crippen LogP contribution in [0.4, 0.5) is 11.4 Å². The number of nitrogens with zero attached hydrogens (tertiary/aromatic N) is 1. The van der Waals surface area contributed by atoms with E-state index in [1.165, 1.54) is 11.6 Å². The van der Waals surface area contributed by atoms with Gasteiger partial charge < -0.3 is 10.6 Å². The van der Waals surface area contributed by atoms with E-state index in [9.17, 15) is 14.9 Å². The fourth-order valence-electron chi connectivity index (χ4n) is 2.74. The van der Waals surface area contributed by atoms with E-state index in [1.807, 2.05) is 18.2 Å². The number of rotatable bonds is 7. The van der Waals surface area contributed by atoms with Gasteiger partial charge in [-0.3, -0.25) is 14.9 Å². The molecule has 0 aromatic heterocycles. The van der Waals surface area contributed by atoms with Gasteiger partial charge in [0.25, 0.3) is 11.6 Å². The molecule has 3 rings (SSSR count). The molecule has 0 radical (unpaired) electrons. The molecule has 6 heteroatoms. The summed E-state index contributed by atoms with van der Waals surface area (Å²) in [6.07, 6.45) is 2.86. The summed E-state index contributed by atoms with van der Waals surface area (Å²) < 4.78 is 0. The predicted molar refractivity (Wildman–Crippen MR) is 96.7 cm³/mol. The minimum Gasteiger partial charge on any atom is -0.375 e. The van der Waals surface area contributed by atoms with Crippen molar-refractivity contribution < 1.29 is 9.72 Å². The van der Waals surface area contributed by atoms with Crippen molar-refractivity contribution in [1.82, 2.24) is 5.32 Å². The highest BCUT2D eigenvalue weighted by molar-refractivity contribution is 5.96. The third-order valence-electron chi connectivity index (χ3n) is 4.34. The lowest BCUT2D eigenvalue weighted by molar-refractivity contribution is -0.384. The maximum Gasteiger partial charge on any atom is 0.293 e. The van der Waals surface area contributed by atoms with E-state index in [4.69, 9.17) is 0 Å². The number of hydrogen-bond acceptors (Lipinski definition) is 4. The molecule has 1 saturated carbocycles. The van der Waals surface area contributed by atoms with Crippen molar-refractivity contribution in [3.8, 4) is 0 Å². The van der Waals surface area contributed by atoms with Gasteiger partial charge in [0.1, 0.15) is 5.69 Å². The number of carbonyl (C=O) groups excluding carboxylic acids is 1. The predicted octanol–water partition coefficient (Wildman–Crippen LogP) is 3.66. The number of nitro benzene ring substituents is 1. The normalized spacial score (nSPS) is 13.3. The van der Waals surface area contributed by atoms with Crippen molar-refractivity contribution in [3.05, 3.63) is 69.3 Å². The van der Waals surface area contributed by atoms with E-state index in [0.717, 1.165) is 24.8 Å². The Balaban J connectivity index is 1.78. The number of benzene rings is 2. The highest BCUT2D eigenvalue weighted by Gasteiger charge is 2.25. The third-order valence-corrected chi connectivity index (χ3v) is 4.34. The van der Waals surface area contributed by atoms with E-state index in [1.54, 1.807) is 12.1 Å².